The van der Waals surface area contributed by atoms with Gasteiger partial charge in [0.2, 0.25) is 0 Å². The first kappa shape index (κ1) is 11.0. The quantitative estimate of drug-likeness (QED) is 0.859. The topological polar surface area (TPSA) is 63.6 Å². The van der Waals surface area contributed by atoms with Gasteiger partial charge in [0, 0.05) is 5.02 Å². The molecule has 0 spiro atoms. The molecule has 1 aliphatic heterocycles. The number of rotatable bonds is 2. The fraction of sp³-hybridized carbons (Fsp3) is 0.273. The van der Waals surface area contributed by atoms with Crippen LogP contribution in [0.4, 0.5) is 0 Å². The molecule has 5 heteroatoms. The molecule has 0 aromatic heterocycles. The van der Waals surface area contributed by atoms with E-state index in [0.29, 0.717) is 16.3 Å². The van der Waals surface area contributed by atoms with Gasteiger partial charge in [0.15, 0.2) is 5.78 Å². The third-order valence-electron chi connectivity index (χ3n) is 2.44. The van der Waals surface area contributed by atoms with E-state index in [4.69, 9.17) is 21.4 Å². The third kappa shape index (κ3) is 2.02. The minimum absolute atomic E-state index is 0.111. The molecule has 1 N–H and O–H groups in total. The molecule has 1 aliphatic rings. The molecule has 1 atom stereocenters. The molecule has 1 heterocycles. The van der Waals surface area contributed by atoms with E-state index in [1.54, 1.807) is 12.1 Å². The number of ketones is 1. The normalized spacial score (nSPS) is 18.8. The van der Waals surface area contributed by atoms with Crippen LogP contribution in [0, 0.1) is 5.92 Å². The van der Waals surface area contributed by atoms with Crippen LogP contribution >= 0.6 is 11.6 Å². The lowest BCUT2D eigenvalue weighted by Crippen LogP contribution is -2.29. The monoisotopic (exact) mass is 240 g/mol. The van der Waals surface area contributed by atoms with Crippen LogP contribution in [-0.2, 0) is 4.79 Å². The van der Waals surface area contributed by atoms with E-state index in [-0.39, 0.29) is 18.8 Å². The summed E-state index contributed by atoms with van der Waals surface area (Å²) in [7, 11) is 0. The van der Waals surface area contributed by atoms with Crippen molar-refractivity contribution in [3.8, 4) is 5.75 Å². The summed E-state index contributed by atoms with van der Waals surface area (Å²) in [5.41, 5.74) is 0.366. The number of hydrogen-bond donors (Lipinski definition) is 1. The molecule has 0 saturated heterocycles. The van der Waals surface area contributed by atoms with Crippen LogP contribution in [0.3, 0.4) is 0 Å². The number of halogens is 1. The van der Waals surface area contributed by atoms with E-state index in [9.17, 15) is 9.59 Å². The molecule has 0 unspecified atom stereocenters. The highest BCUT2D eigenvalue weighted by atomic mass is 35.5. The Bertz CT molecular complexity index is 455. The van der Waals surface area contributed by atoms with E-state index < -0.39 is 11.9 Å². The molecule has 16 heavy (non-hydrogen) atoms. The van der Waals surface area contributed by atoms with Crippen molar-refractivity contribution < 1.29 is 19.4 Å². The number of ether oxygens (including phenoxy) is 1. The van der Waals surface area contributed by atoms with E-state index in [0.717, 1.165) is 0 Å². The number of carboxylic acids is 1. The first-order chi connectivity index (χ1) is 7.58. The van der Waals surface area contributed by atoms with Crippen molar-refractivity contribution in [3.05, 3.63) is 28.8 Å². The lowest BCUT2D eigenvalue weighted by Gasteiger charge is -2.22. The van der Waals surface area contributed by atoms with Crippen LogP contribution in [0.5, 0.6) is 5.75 Å². The van der Waals surface area contributed by atoms with Gasteiger partial charge in [-0.2, -0.15) is 0 Å². The molecule has 0 amide bonds. The van der Waals surface area contributed by atoms with E-state index in [1.807, 2.05) is 0 Å². The fourth-order valence-electron chi connectivity index (χ4n) is 1.67. The maximum atomic E-state index is 11.9. The molecule has 1 aromatic carbocycles. The lowest BCUT2D eigenvalue weighted by atomic mass is 9.92. The molecule has 0 radical (unpaired) electrons. The zero-order chi connectivity index (χ0) is 11.7. The number of carbonyl (C=O) groups excluding carboxylic acids is 1. The highest BCUT2D eigenvalue weighted by Gasteiger charge is 2.30. The van der Waals surface area contributed by atoms with Crippen molar-refractivity contribution in [1.29, 1.82) is 0 Å². The fourth-order valence-corrected chi connectivity index (χ4v) is 1.84. The lowest BCUT2D eigenvalue weighted by molar-refractivity contribution is -0.138. The second kappa shape index (κ2) is 4.14. The first-order valence-corrected chi connectivity index (χ1v) is 5.14. The summed E-state index contributed by atoms with van der Waals surface area (Å²) < 4.78 is 5.32. The standard InChI is InChI=1S/C11H9ClO4/c12-7-1-2-9-8(4-7)11(15)6(5-16-9)3-10(13)14/h1-2,4,6H,3,5H2,(H,13,14)/t6-/m0/s1. The average molecular weight is 241 g/mol. The Labute approximate surface area is 96.8 Å². The summed E-state index contributed by atoms with van der Waals surface area (Å²) >= 11 is 5.77. The number of benzene rings is 1. The van der Waals surface area contributed by atoms with Gasteiger partial charge in [-0.05, 0) is 18.2 Å². The van der Waals surface area contributed by atoms with Gasteiger partial charge in [-0.15, -0.1) is 0 Å². The zero-order valence-corrected chi connectivity index (χ0v) is 9.03. The molecule has 4 nitrogen and oxygen atoms in total. The maximum absolute atomic E-state index is 11.9. The number of aliphatic carboxylic acids is 1. The third-order valence-corrected chi connectivity index (χ3v) is 2.67. The second-order valence-electron chi connectivity index (χ2n) is 3.61. The Hall–Kier alpha value is -1.55. The molecular weight excluding hydrogens is 232 g/mol. The number of hydrogen-bond acceptors (Lipinski definition) is 3. The van der Waals surface area contributed by atoms with Crippen LogP contribution in [0.1, 0.15) is 16.8 Å². The largest absolute Gasteiger partial charge is 0.492 e. The first-order valence-electron chi connectivity index (χ1n) is 4.76. The van der Waals surface area contributed by atoms with Gasteiger partial charge in [0.25, 0.3) is 0 Å². The Balaban J connectivity index is 2.30. The van der Waals surface area contributed by atoms with Crippen LogP contribution in [0.2, 0.25) is 5.02 Å². The molecular formula is C11H9ClO4. The summed E-state index contributed by atoms with van der Waals surface area (Å²) in [6.07, 6.45) is -0.217. The molecule has 0 bridgehead atoms. The predicted octanol–water partition coefficient (Wildman–Crippen LogP) is 2.01. The van der Waals surface area contributed by atoms with Crippen molar-refractivity contribution in [3.63, 3.8) is 0 Å². The van der Waals surface area contributed by atoms with Crippen LogP contribution < -0.4 is 4.74 Å². The maximum Gasteiger partial charge on any atom is 0.304 e. The van der Waals surface area contributed by atoms with Gasteiger partial charge in [-0.25, -0.2) is 0 Å². The molecule has 84 valence electrons. The van der Waals surface area contributed by atoms with E-state index >= 15 is 0 Å². The van der Waals surface area contributed by atoms with Gasteiger partial charge in [0.05, 0.1) is 24.5 Å². The summed E-state index contributed by atoms with van der Waals surface area (Å²) in [6.45, 7) is 0.111. The molecule has 2 rings (SSSR count). The van der Waals surface area contributed by atoms with E-state index in [2.05, 4.69) is 0 Å². The van der Waals surface area contributed by atoms with E-state index in [1.165, 1.54) is 6.07 Å². The Kier molecular flexibility index (Phi) is 2.83. The second-order valence-corrected chi connectivity index (χ2v) is 4.05. The summed E-state index contributed by atoms with van der Waals surface area (Å²) in [5.74, 6) is -1.38. The van der Waals surface area contributed by atoms with Crippen LogP contribution in [0.25, 0.3) is 0 Å². The predicted molar refractivity (Wildman–Crippen MR) is 57.0 cm³/mol. The van der Waals surface area contributed by atoms with Crippen molar-refractivity contribution in [2.75, 3.05) is 6.61 Å². The summed E-state index contributed by atoms with van der Waals surface area (Å²) in [4.78, 5) is 22.5. The molecule has 0 fully saturated rings. The Morgan fingerprint density at radius 3 is 3.00 bits per heavy atom. The highest BCUT2D eigenvalue weighted by molar-refractivity contribution is 6.31. The number of carboxylic acid groups (broad SMARTS) is 1. The van der Waals surface area contributed by atoms with Gasteiger partial charge < -0.3 is 9.84 Å². The highest BCUT2D eigenvalue weighted by Crippen LogP contribution is 2.30. The van der Waals surface area contributed by atoms with Crippen LogP contribution in [0.15, 0.2) is 18.2 Å². The van der Waals surface area contributed by atoms with Gasteiger partial charge in [0.1, 0.15) is 5.75 Å². The Morgan fingerprint density at radius 1 is 1.56 bits per heavy atom. The van der Waals surface area contributed by atoms with Crippen molar-refractivity contribution in [2.24, 2.45) is 5.92 Å². The summed E-state index contributed by atoms with van der Waals surface area (Å²) in [5, 5.41) is 9.09. The van der Waals surface area contributed by atoms with Crippen molar-refractivity contribution in [1.82, 2.24) is 0 Å². The van der Waals surface area contributed by atoms with Gasteiger partial charge in [-0.3, -0.25) is 9.59 Å². The Morgan fingerprint density at radius 2 is 2.31 bits per heavy atom. The van der Waals surface area contributed by atoms with Crippen molar-refractivity contribution in [2.45, 2.75) is 6.42 Å². The number of fused-ring (bicyclic) bond motifs is 1. The van der Waals surface area contributed by atoms with Gasteiger partial charge in [-0.1, -0.05) is 11.6 Å². The number of carbonyl (C=O) groups is 2. The van der Waals surface area contributed by atoms with Crippen molar-refractivity contribution >= 4 is 23.4 Å². The minimum Gasteiger partial charge on any atom is -0.492 e. The van der Waals surface area contributed by atoms with Gasteiger partial charge >= 0.3 is 5.97 Å². The number of Topliss-reactive ketones (excluding diaryl/α,β-unsaturated/α-hetero) is 1. The summed E-state index contributed by atoms with van der Waals surface area (Å²) in [6, 6.07) is 4.75. The zero-order valence-electron chi connectivity index (χ0n) is 8.27. The SMILES string of the molecule is O=C(O)C[C@H]1COc2ccc(Cl)cc2C1=O. The smallest absolute Gasteiger partial charge is 0.304 e. The van der Waals surface area contributed by atoms with Crippen LogP contribution in [-0.4, -0.2) is 23.5 Å². The minimum atomic E-state index is -1.01. The average Bonchev–Trinajstić information content (AvgIpc) is 2.22. The molecule has 0 aliphatic carbocycles. The molecule has 0 saturated carbocycles. The molecule has 1 aromatic rings.